The van der Waals surface area contributed by atoms with Crippen LogP contribution in [0.2, 0.25) is 0 Å². The molecular weight excluding hydrogens is 254 g/mol. The van der Waals surface area contributed by atoms with Crippen molar-refractivity contribution in [1.82, 2.24) is 0 Å². The standard InChI is InChI=1S/C16H17F.BH2O2/c1-2-3-6-13-9-11-14(12-10-13)15-7-4-5-8-16(15)17;2-1-3/h4-5,7-12H,2-3,6H2,1H3;2-3H. The minimum Gasteiger partial charge on any atom is -0.429 e. The van der Waals surface area contributed by atoms with E-state index in [-0.39, 0.29) is 13.5 Å². The fourth-order valence-corrected chi connectivity index (χ4v) is 1.93. The first-order valence-electron chi connectivity index (χ1n) is 6.66. The van der Waals surface area contributed by atoms with Crippen molar-refractivity contribution in [2.75, 3.05) is 0 Å². The van der Waals surface area contributed by atoms with Gasteiger partial charge in [-0.3, -0.25) is 0 Å². The van der Waals surface area contributed by atoms with Gasteiger partial charge in [-0.25, -0.2) is 4.39 Å². The van der Waals surface area contributed by atoms with Gasteiger partial charge >= 0.3 is 7.69 Å². The highest BCUT2D eigenvalue weighted by molar-refractivity contribution is 6.13. The normalized spacial score (nSPS) is 9.60. The number of unbranched alkanes of at least 4 members (excludes halogenated alkanes) is 1. The van der Waals surface area contributed by atoms with Crippen LogP contribution in [0.15, 0.2) is 48.5 Å². The molecule has 0 unspecified atom stereocenters. The Kier molecular flexibility index (Phi) is 7.62. The smallest absolute Gasteiger partial charge is 0.429 e. The topological polar surface area (TPSA) is 40.5 Å². The van der Waals surface area contributed by atoms with Crippen molar-refractivity contribution in [2.24, 2.45) is 0 Å². The van der Waals surface area contributed by atoms with Gasteiger partial charge in [-0.15, -0.1) is 0 Å². The summed E-state index contributed by atoms with van der Waals surface area (Å²) < 4.78 is 13.6. The molecule has 0 aliphatic heterocycles. The van der Waals surface area contributed by atoms with E-state index in [1.165, 1.54) is 24.5 Å². The van der Waals surface area contributed by atoms with Crippen molar-refractivity contribution < 1.29 is 14.4 Å². The van der Waals surface area contributed by atoms with Crippen LogP contribution in [0.4, 0.5) is 4.39 Å². The highest BCUT2D eigenvalue weighted by atomic mass is 19.1. The third kappa shape index (κ3) is 5.15. The van der Waals surface area contributed by atoms with Crippen molar-refractivity contribution in [3.8, 4) is 11.1 Å². The van der Waals surface area contributed by atoms with Crippen LogP contribution in [0.1, 0.15) is 25.3 Å². The average Bonchev–Trinajstić information content (AvgIpc) is 2.47. The lowest BCUT2D eigenvalue weighted by Gasteiger charge is -2.05. The summed E-state index contributed by atoms with van der Waals surface area (Å²) in [7, 11) is 0. The fourth-order valence-electron chi connectivity index (χ4n) is 1.93. The highest BCUT2D eigenvalue weighted by Gasteiger charge is 2.03. The molecule has 0 saturated heterocycles. The van der Waals surface area contributed by atoms with Gasteiger partial charge in [-0.1, -0.05) is 55.8 Å². The molecule has 105 valence electrons. The Balaban J connectivity index is 0.000000612. The number of hydrogen-bond acceptors (Lipinski definition) is 2. The molecule has 0 saturated carbocycles. The summed E-state index contributed by atoms with van der Waals surface area (Å²) in [4.78, 5) is 0. The van der Waals surface area contributed by atoms with Crippen LogP contribution in [0, 0.1) is 5.82 Å². The molecule has 2 aromatic carbocycles. The molecule has 0 spiro atoms. The molecule has 0 fully saturated rings. The number of aryl methyl sites for hydroxylation is 1. The summed E-state index contributed by atoms with van der Waals surface area (Å²) in [6.45, 7) is 2.19. The Morgan fingerprint density at radius 1 is 1.00 bits per heavy atom. The Hall–Kier alpha value is -1.65. The molecule has 2 N–H and O–H groups in total. The second kappa shape index (κ2) is 9.29. The zero-order chi connectivity index (χ0) is 14.8. The number of rotatable bonds is 4. The molecule has 2 rings (SSSR count). The monoisotopic (exact) mass is 273 g/mol. The van der Waals surface area contributed by atoms with Crippen LogP contribution < -0.4 is 0 Å². The summed E-state index contributed by atoms with van der Waals surface area (Å²) in [6, 6.07) is 15.1. The quantitative estimate of drug-likeness (QED) is 0.839. The molecule has 1 radical (unpaired) electrons. The van der Waals surface area contributed by atoms with Gasteiger partial charge in [-0.05, 0) is 30.0 Å². The second-order valence-corrected chi connectivity index (χ2v) is 4.40. The summed E-state index contributed by atoms with van der Waals surface area (Å²) in [5.74, 6) is -0.159. The van der Waals surface area contributed by atoms with Crippen molar-refractivity contribution in [3.05, 3.63) is 59.9 Å². The van der Waals surface area contributed by atoms with E-state index in [9.17, 15) is 4.39 Å². The molecule has 0 atom stereocenters. The number of halogens is 1. The van der Waals surface area contributed by atoms with Crippen LogP contribution in [0.5, 0.6) is 0 Å². The van der Waals surface area contributed by atoms with Crippen molar-refractivity contribution in [1.29, 1.82) is 0 Å². The molecule has 0 amide bonds. The molecule has 0 bridgehead atoms. The van der Waals surface area contributed by atoms with Crippen LogP contribution in [0.3, 0.4) is 0 Å². The van der Waals surface area contributed by atoms with Crippen LogP contribution in [-0.2, 0) is 6.42 Å². The first kappa shape index (κ1) is 16.4. The van der Waals surface area contributed by atoms with Crippen LogP contribution in [0.25, 0.3) is 11.1 Å². The summed E-state index contributed by atoms with van der Waals surface area (Å²) in [5, 5.41) is 14.0. The van der Waals surface area contributed by atoms with Crippen molar-refractivity contribution in [3.63, 3.8) is 0 Å². The summed E-state index contributed by atoms with van der Waals surface area (Å²) in [6.07, 6.45) is 3.52. The van der Waals surface area contributed by atoms with E-state index in [4.69, 9.17) is 10.0 Å². The number of benzene rings is 2. The van der Waals surface area contributed by atoms with E-state index in [0.29, 0.717) is 5.56 Å². The van der Waals surface area contributed by atoms with Gasteiger partial charge in [0.2, 0.25) is 0 Å². The van der Waals surface area contributed by atoms with Crippen LogP contribution >= 0.6 is 0 Å². The molecule has 0 aliphatic carbocycles. The third-order valence-corrected chi connectivity index (χ3v) is 2.96. The number of hydrogen-bond donors (Lipinski definition) is 2. The largest absolute Gasteiger partial charge is 0.482 e. The van der Waals surface area contributed by atoms with Crippen molar-refractivity contribution in [2.45, 2.75) is 26.2 Å². The minimum absolute atomic E-state index is 0. The van der Waals surface area contributed by atoms with Gasteiger partial charge in [0.05, 0.1) is 0 Å². The Morgan fingerprint density at radius 3 is 2.15 bits per heavy atom. The maximum absolute atomic E-state index is 13.6. The SMILES string of the molecule is CCCCc1ccc(-c2ccccc2F)cc1.O[B]O. The van der Waals surface area contributed by atoms with Gasteiger partial charge in [-0.2, -0.15) is 0 Å². The van der Waals surface area contributed by atoms with E-state index in [1.807, 2.05) is 24.3 Å². The maximum atomic E-state index is 13.6. The van der Waals surface area contributed by atoms with E-state index >= 15 is 0 Å². The van der Waals surface area contributed by atoms with E-state index < -0.39 is 0 Å². The zero-order valence-corrected chi connectivity index (χ0v) is 11.6. The second-order valence-electron chi connectivity index (χ2n) is 4.40. The zero-order valence-electron chi connectivity index (χ0n) is 11.6. The highest BCUT2D eigenvalue weighted by Crippen LogP contribution is 2.23. The first-order valence-corrected chi connectivity index (χ1v) is 6.66. The molecule has 0 heterocycles. The molecule has 0 aliphatic rings. The maximum Gasteiger partial charge on any atom is 0.482 e. The minimum atomic E-state index is -0.159. The Bertz CT molecular complexity index is 500. The van der Waals surface area contributed by atoms with Crippen LogP contribution in [-0.4, -0.2) is 17.7 Å². The van der Waals surface area contributed by atoms with Crippen molar-refractivity contribution >= 4 is 7.69 Å². The van der Waals surface area contributed by atoms with E-state index in [2.05, 4.69) is 19.1 Å². The molecule has 4 heteroatoms. The summed E-state index contributed by atoms with van der Waals surface area (Å²) >= 11 is 0. The molecule has 20 heavy (non-hydrogen) atoms. The van der Waals surface area contributed by atoms with Gasteiger partial charge in [0, 0.05) is 5.56 Å². The molecule has 0 aromatic heterocycles. The predicted molar refractivity (Wildman–Crippen MR) is 80.6 cm³/mol. The van der Waals surface area contributed by atoms with E-state index in [1.54, 1.807) is 6.07 Å². The lowest BCUT2D eigenvalue weighted by Crippen LogP contribution is -1.87. The van der Waals surface area contributed by atoms with Gasteiger partial charge in [0.1, 0.15) is 5.82 Å². The molecule has 2 aromatic rings. The molecular formula is C16H19BFO2. The van der Waals surface area contributed by atoms with E-state index in [0.717, 1.165) is 12.0 Å². The van der Waals surface area contributed by atoms with Gasteiger partial charge < -0.3 is 10.0 Å². The summed E-state index contributed by atoms with van der Waals surface area (Å²) in [5.41, 5.74) is 2.95. The Morgan fingerprint density at radius 2 is 1.60 bits per heavy atom. The lowest BCUT2D eigenvalue weighted by molar-refractivity contribution is 0.448. The lowest BCUT2D eigenvalue weighted by atomic mass is 10.0. The Labute approximate surface area is 120 Å². The fraction of sp³-hybridized carbons (Fsp3) is 0.250. The first-order chi connectivity index (χ1) is 9.72. The van der Waals surface area contributed by atoms with Gasteiger partial charge in [0.15, 0.2) is 0 Å². The predicted octanol–water partition coefficient (Wildman–Crippen LogP) is 3.34. The third-order valence-electron chi connectivity index (χ3n) is 2.96. The van der Waals surface area contributed by atoms with Gasteiger partial charge in [0.25, 0.3) is 0 Å². The molecule has 2 nitrogen and oxygen atoms in total. The average molecular weight is 273 g/mol.